The average molecular weight is 279 g/mol. The molecule has 5 N–H and O–H groups in total. The Morgan fingerprint density at radius 1 is 0.810 bits per heavy atom. The molecule has 3 heteroatoms. The molecule has 0 aliphatic heterocycles. The zero-order chi connectivity index (χ0) is 14.7. The molecule has 0 bridgehead atoms. The van der Waals surface area contributed by atoms with Crippen LogP contribution in [0.15, 0.2) is 60.2 Å². The highest BCUT2D eigenvalue weighted by molar-refractivity contribution is 5.60. The minimum atomic E-state index is -0.251. The number of hydrogen-bond donors (Lipinski definition) is 3. The molecule has 21 heavy (non-hydrogen) atoms. The molecule has 0 radical (unpaired) electrons. The van der Waals surface area contributed by atoms with Crippen LogP contribution in [0.4, 0.5) is 0 Å². The van der Waals surface area contributed by atoms with Gasteiger partial charge in [0.05, 0.1) is 12.3 Å². The summed E-state index contributed by atoms with van der Waals surface area (Å²) in [6.45, 7) is 0. The highest BCUT2D eigenvalue weighted by Crippen LogP contribution is 2.25. The number of benzene rings is 2. The summed E-state index contributed by atoms with van der Waals surface area (Å²) in [7, 11) is 0. The first-order chi connectivity index (χ1) is 10.2. The lowest BCUT2D eigenvalue weighted by molar-refractivity contribution is 0.482. The van der Waals surface area contributed by atoms with Crippen molar-refractivity contribution in [2.24, 2.45) is 11.5 Å². The van der Waals surface area contributed by atoms with E-state index in [1.165, 1.54) is 16.7 Å². The lowest BCUT2D eigenvalue weighted by atomic mass is 9.91. The molecular weight excluding hydrogens is 258 g/mol. The quantitative estimate of drug-likeness (QED) is 0.754. The summed E-state index contributed by atoms with van der Waals surface area (Å²) >= 11 is 0. The predicted molar refractivity (Wildman–Crippen MR) is 87.2 cm³/mol. The second-order valence-corrected chi connectivity index (χ2v) is 5.45. The van der Waals surface area contributed by atoms with Crippen LogP contribution in [0.2, 0.25) is 0 Å². The molecule has 2 atom stereocenters. The maximum atomic E-state index is 6.28. The first-order valence-corrected chi connectivity index (χ1v) is 7.34. The third kappa shape index (κ3) is 3.22. The Morgan fingerprint density at radius 3 is 2.33 bits per heavy atom. The van der Waals surface area contributed by atoms with Crippen LogP contribution in [-0.2, 0) is 6.42 Å². The molecule has 3 rings (SSSR count). The molecule has 3 nitrogen and oxygen atoms in total. The molecule has 2 aromatic rings. The van der Waals surface area contributed by atoms with E-state index in [-0.39, 0.29) is 12.3 Å². The van der Waals surface area contributed by atoms with Crippen molar-refractivity contribution in [2.75, 3.05) is 0 Å². The highest BCUT2D eigenvalue weighted by atomic mass is 15.1. The fourth-order valence-electron chi connectivity index (χ4n) is 2.76. The lowest BCUT2D eigenvalue weighted by Gasteiger charge is -2.25. The molecule has 0 heterocycles. The molecule has 0 saturated heterocycles. The van der Waals surface area contributed by atoms with Crippen molar-refractivity contribution in [1.29, 1.82) is 0 Å². The zero-order valence-corrected chi connectivity index (χ0v) is 12.0. The first kappa shape index (κ1) is 14.0. The third-order valence-corrected chi connectivity index (χ3v) is 4.00. The number of aryl methyl sites for hydroxylation is 1. The van der Waals surface area contributed by atoms with Gasteiger partial charge in [-0.25, -0.2) is 0 Å². The largest absolute Gasteiger partial charge is 0.312 e. The Kier molecular flexibility index (Phi) is 4.15. The average Bonchev–Trinajstić information content (AvgIpc) is 2.55. The van der Waals surface area contributed by atoms with Gasteiger partial charge in [-0.2, -0.15) is 0 Å². The van der Waals surface area contributed by atoms with Gasteiger partial charge in [0.2, 0.25) is 0 Å². The molecule has 0 amide bonds. The van der Waals surface area contributed by atoms with E-state index in [1.807, 2.05) is 30.3 Å². The summed E-state index contributed by atoms with van der Waals surface area (Å²) in [6.07, 6.45) is 3.74. The smallest absolute Gasteiger partial charge is 0.0824 e. The molecule has 0 aromatic heterocycles. The summed E-state index contributed by atoms with van der Waals surface area (Å²) in [6, 6.07) is 18.4. The molecule has 0 spiro atoms. The number of nitrogens with one attached hydrogen (secondary N) is 1. The van der Waals surface area contributed by atoms with Gasteiger partial charge >= 0.3 is 0 Å². The standard InChI is InChI=1S/C18H21N3/c19-17(14-7-2-1-3-8-14)21-18(20)16-11-10-13-6-4-5-9-15(13)12-16/h1-9,12,17-18,21H,10-11,19-20H2. The van der Waals surface area contributed by atoms with Crippen LogP contribution in [-0.4, -0.2) is 6.17 Å². The van der Waals surface area contributed by atoms with Gasteiger partial charge in [-0.05, 0) is 35.1 Å². The fraction of sp³-hybridized carbons (Fsp3) is 0.222. The fourth-order valence-corrected chi connectivity index (χ4v) is 2.76. The monoisotopic (exact) mass is 279 g/mol. The second kappa shape index (κ2) is 6.22. The second-order valence-electron chi connectivity index (χ2n) is 5.45. The van der Waals surface area contributed by atoms with Crippen molar-refractivity contribution in [2.45, 2.75) is 25.2 Å². The maximum absolute atomic E-state index is 6.28. The van der Waals surface area contributed by atoms with Crippen LogP contribution in [0.3, 0.4) is 0 Å². The molecule has 0 saturated carbocycles. The van der Waals surface area contributed by atoms with Crippen LogP contribution >= 0.6 is 0 Å². The van der Waals surface area contributed by atoms with Crippen molar-refractivity contribution in [3.05, 3.63) is 76.9 Å². The molecule has 0 fully saturated rings. The molecular formula is C18H21N3. The van der Waals surface area contributed by atoms with E-state index in [0.29, 0.717) is 0 Å². The van der Waals surface area contributed by atoms with E-state index < -0.39 is 0 Å². The van der Waals surface area contributed by atoms with Crippen LogP contribution in [0.1, 0.15) is 29.3 Å². The maximum Gasteiger partial charge on any atom is 0.0824 e. The minimum absolute atomic E-state index is 0.214. The van der Waals surface area contributed by atoms with E-state index in [2.05, 4.69) is 35.7 Å². The molecule has 1 aliphatic rings. The zero-order valence-electron chi connectivity index (χ0n) is 12.0. The van der Waals surface area contributed by atoms with Crippen molar-refractivity contribution in [1.82, 2.24) is 5.32 Å². The number of nitrogens with two attached hydrogens (primary N) is 2. The van der Waals surface area contributed by atoms with Gasteiger partial charge in [0, 0.05) is 0 Å². The molecule has 1 aliphatic carbocycles. The normalized spacial score (nSPS) is 16.8. The van der Waals surface area contributed by atoms with Crippen LogP contribution in [0.25, 0.3) is 6.08 Å². The third-order valence-electron chi connectivity index (χ3n) is 4.00. The van der Waals surface area contributed by atoms with Crippen molar-refractivity contribution >= 4 is 6.08 Å². The van der Waals surface area contributed by atoms with E-state index in [0.717, 1.165) is 18.4 Å². The van der Waals surface area contributed by atoms with E-state index in [4.69, 9.17) is 11.5 Å². The first-order valence-electron chi connectivity index (χ1n) is 7.34. The highest BCUT2D eigenvalue weighted by Gasteiger charge is 2.17. The number of hydrogen-bond acceptors (Lipinski definition) is 3. The van der Waals surface area contributed by atoms with Gasteiger partial charge in [-0.1, -0.05) is 60.7 Å². The van der Waals surface area contributed by atoms with Gasteiger partial charge in [0.15, 0.2) is 0 Å². The van der Waals surface area contributed by atoms with Crippen molar-refractivity contribution in [3.63, 3.8) is 0 Å². The van der Waals surface area contributed by atoms with Gasteiger partial charge in [0.25, 0.3) is 0 Å². The van der Waals surface area contributed by atoms with Crippen molar-refractivity contribution in [3.8, 4) is 0 Å². The molecule has 108 valence electrons. The topological polar surface area (TPSA) is 64.1 Å². The molecule has 2 aromatic carbocycles. The molecule has 2 unspecified atom stereocenters. The van der Waals surface area contributed by atoms with Gasteiger partial charge in [-0.15, -0.1) is 0 Å². The lowest BCUT2D eigenvalue weighted by Crippen LogP contribution is -2.44. The Balaban J connectivity index is 1.72. The van der Waals surface area contributed by atoms with Gasteiger partial charge in [-0.3, -0.25) is 5.32 Å². The predicted octanol–water partition coefficient (Wildman–Crippen LogP) is 2.55. The van der Waals surface area contributed by atoms with E-state index in [9.17, 15) is 0 Å². The van der Waals surface area contributed by atoms with Gasteiger partial charge < -0.3 is 11.5 Å². The van der Waals surface area contributed by atoms with E-state index >= 15 is 0 Å². The Hall–Kier alpha value is -1.94. The number of fused-ring (bicyclic) bond motifs is 1. The summed E-state index contributed by atoms with van der Waals surface area (Å²) in [5, 5.41) is 3.28. The Morgan fingerprint density at radius 2 is 1.52 bits per heavy atom. The summed E-state index contributed by atoms with van der Waals surface area (Å²) in [5.41, 5.74) is 17.4. The van der Waals surface area contributed by atoms with Crippen molar-refractivity contribution < 1.29 is 0 Å². The van der Waals surface area contributed by atoms with Crippen LogP contribution in [0.5, 0.6) is 0 Å². The Labute approximate surface area is 125 Å². The Bertz CT molecular complexity index is 634. The van der Waals surface area contributed by atoms with Gasteiger partial charge in [0.1, 0.15) is 0 Å². The summed E-state index contributed by atoms with van der Waals surface area (Å²) in [4.78, 5) is 0. The SMILES string of the molecule is NC(NC(N)c1ccccc1)C1=Cc2ccccc2CC1. The summed E-state index contributed by atoms with van der Waals surface area (Å²) in [5.74, 6) is 0. The minimum Gasteiger partial charge on any atom is -0.312 e. The number of rotatable bonds is 4. The van der Waals surface area contributed by atoms with E-state index in [1.54, 1.807) is 0 Å². The summed E-state index contributed by atoms with van der Waals surface area (Å²) < 4.78 is 0. The van der Waals surface area contributed by atoms with Crippen LogP contribution < -0.4 is 16.8 Å². The van der Waals surface area contributed by atoms with Crippen LogP contribution in [0, 0.1) is 0 Å².